The molecule has 0 bridgehead atoms. The smallest absolute Gasteiger partial charge is 0.270 e. The molecule has 1 aliphatic heterocycles. The Balaban J connectivity index is 1.83. The second-order valence-corrected chi connectivity index (χ2v) is 5.56. The van der Waals surface area contributed by atoms with Crippen LogP contribution in [0.2, 0.25) is 0 Å². The molecule has 0 aromatic carbocycles. The standard InChI is InChI=1S/C14H18ClN3O2/c1-10(15)14(20)18-8-5-11(6-9-18)17-13(19)12-4-2-3-7-16-12/h2-4,7,10-11H,5-6,8-9H2,1H3,(H,17,19). The van der Waals surface area contributed by atoms with Gasteiger partial charge in [0.1, 0.15) is 11.1 Å². The largest absolute Gasteiger partial charge is 0.348 e. The first-order valence-electron chi connectivity index (χ1n) is 6.72. The van der Waals surface area contributed by atoms with Crippen LogP contribution < -0.4 is 5.32 Å². The van der Waals surface area contributed by atoms with Gasteiger partial charge in [0.05, 0.1) is 0 Å². The number of likely N-dealkylation sites (tertiary alicyclic amines) is 1. The van der Waals surface area contributed by atoms with Crippen LogP contribution in [0.25, 0.3) is 0 Å². The summed E-state index contributed by atoms with van der Waals surface area (Å²) in [5.74, 6) is -0.206. The molecule has 0 spiro atoms. The Labute approximate surface area is 123 Å². The summed E-state index contributed by atoms with van der Waals surface area (Å²) < 4.78 is 0. The van der Waals surface area contributed by atoms with Gasteiger partial charge in [-0.05, 0) is 31.9 Å². The first-order valence-corrected chi connectivity index (χ1v) is 7.16. The van der Waals surface area contributed by atoms with E-state index in [1.54, 1.807) is 36.2 Å². The summed E-state index contributed by atoms with van der Waals surface area (Å²) in [6, 6.07) is 5.32. The predicted molar refractivity (Wildman–Crippen MR) is 76.6 cm³/mol. The topological polar surface area (TPSA) is 62.3 Å². The summed E-state index contributed by atoms with van der Waals surface area (Å²) in [5, 5.41) is 2.46. The van der Waals surface area contributed by atoms with Crippen molar-refractivity contribution in [2.45, 2.75) is 31.2 Å². The van der Waals surface area contributed by atoms with Gasteiger partial charge in [-0.15, -0.1) is 11.6 Å². The molecular formula is C14H18ClN3O2. The van der Waals surface area contributed by atoms with E-state index < -0.39 is 5.38 Å². The summed E-state index contributed by atoms with van der Waals surface area (Å²) in [6.07, 6.45) is 3.08. The highest BCUT2D eigenvalue weighted by Crippen LogP contribution is 2.13. The van der Waals surface area contributed by atoms with Crippen molar-refractivity contribution >= 4 is 23.4 Å². The molecule has 1 atom stereocenters. The van der Waals surface area contributed by atoms with Crippen molar-refractivity contribution < 1.29 is 9.59 Å². The molecule has 1 aliphatic rings. The number of nitrogens with zero attached hydrogens (tertiary/aromatic N) is 2. The lowest BCUT2D eigenvalue weighted by atomic mass is 10.0. The Morgan fingerprint density at radius 1 is 1.40 bits per heavy atom. The molecule has 2 heterocycles. The molecule has 1 aromatic rings. The quantitative estimate of drug-likeness (QED) is 0.858. The van der Waals surface area contributed by atoms with Crippen molar-refractivity contribution in [1.82, 2.24) is 15.2 Å². The third kappa shape index (κ3) is 3.70. The Hall–Kier alpha value is -1.62. The molecule has 1 saturated heterocycles. The number of halogens is 1. The molecule has 108 valence electrons. The van der Waals surface area contributed by atoms with Crippen LogP contribution >= 0.6 is 11.6 Å². The van der Waals surface area contributed by atoms with E-state index in [0.717, 1.165) is 12.8 Å². The molecular weight excluding hydrogens is 278 g/mol. The number of alkyl halides is 1. The molecule has 2 rings (SSSR count). The molecule has 0 saturated carbocycles. The van der Waals surface area contributed by atoms with E-state index in [1.807, 2.05) is 0 Å². The minimum atomic E-state index is -0.491. The van der Waals surface area contributed by atoms with Crippen LogP contribution in [0.15, 0.2) is 24.4 Å². The number of nitrogens with one attached hydrogen (secondary N) is 1. The first-order chi connectivity index (χ1) is 9.58. The molecule has 1 N–H and O–H groups in total. The van der Waals surface area contributed by atoms with Crippen molar-refractivity contribution in [2.75, 3.05) is 13.1 Å². The number of hydrogen-bond acceptors (Lipinski definition) is 3. The van der Waals surface area contributed by atoms with E-state index in [-0.39, 0.29) is 17.9 Å². The molecule has 6 heteroatoms. The van der Waals surface area contributed by atoms with E-state index in [1.165, 1.54) is 0 Å². The first kappa shape index (κ1) is 14.8. The fourth-order valence-corrected chi connectivity index (χ4v) is 2.39. The van der Waals surface area contributed by atoms with Gasteiger partial charge < -0.3 is 10.2 Å². The number of carbonyl (C=O) groups excluding carboxylic acids is 2. The number of pyridine rings is 1. The zero-order chi connectivity index (χ0) is 14.5. The maximum atomic E-state index is 12.0. The molecule has 2 amide bonds. The molecule has 5 nitrogen and oxygen atoms in total. The van der Waals surface area contributed by atoms with E-state index in [2.05, 4.69) is 10.3 Å². The van der Waals surface area contributed by atoms with E-state index >= 15 is 0 Å². The second kappa shape index (κ2) is 6.70. The van der Waals surface area contributed by atoms with Crippen LogP contribution in [0.5, 0.6) is 0 Å². The van der Waals surface area contributed by atoms with Crippen LogP contribution in [0.1, 0.15) is 30.3 Å². The van der Waals surface area contributed by atoms with Gasteiger partial charge >= 0.3 is 0 Å². The highest BCUT2D eigenvalue weighted by molar-refractivity contribution is 6.30. The zero-order valence-corrected chi connectivity index (χ0v) is 12.1. The SMILES string of the molecule is CC(Cl)C(=O)N1CCC(NC(=O)c2ccccn2)CC1. The number of rotatable bonds is 3. The molecule has 0 radical (unpaired) electrons. The van der Waals surface area contributed by atoms with Gasteiger partial charge in [-0.3, -0.25) is 14.6 Å². The average Bonchev–Trinajstić information content (AvgIpc) is 2.48. The van der Waals surface area contributed by atoms with Gasteiger partial charge in [-0.2, -0.15) is 0 Å². The molecule has 0 aliphatic carbocycles. The van der Waals surface area contributed by atoms with Crippen LogP contribution in [0, 0.1) is 0 Å². The zero-order valence-electron chi connectivity index (χ0n) is 11.4. The Morgan fingerprint density at radius 2 is 2.10 bits per heavy atom. The highest BCUT2D eigenvalue weighted by Gasteiger charge is 2.26. The number of carbonyl (C=O) groups is 2. The number of piperidine rings is 1. The van der Waals surface area contributed by atoms with Gasteiger partial charge in [0.15, 0.2) is 0 Å². The third-order valence-electron chi connectivity index (χ3n) is 3.38. The maximum Gasteiger partial charge on any atom is 0.270 e. The van der Waals surface area contributed by atoms with Crippen molar-refractivity contribution in [3.05, 3.63) is 30.1 Å². The summed E-state index contributed by atoms with van der Waals surface area (Å²) >= 11 is 5.79. The Morgan fingerprint density at radius 3 is 2.65 bits per heavy atom. The van der Waals surface area contributed by atoms with Gasteiger partial charge in [0, 0.05) is 25.3 Å². The molecule has 1 aromatic heterocycles. The van der Waals surface area contributed by atoms with Gasteiger partial charge in [0.25, 0.3) is 5.91 Å². The normalized spacial score (nSPS) is 17.6. The second-order valence-electron chi connectivity index (χ2n) is 4.90. The lowest BCUT2D eigenvalue weighted by Crippen LogP contribution is -2.48. The van der Waals surface area contributed by atoms with E-state index in [0.29, 0.717) is 18.8 Å². The van der Waals surface area contributed by atoms with E-state index in [4.69, 9.17) is 11.6 Å². The van der Waals surface area contributed by atoms with Crippen molar-refractivity contribution in [3.8, 4) is 0 Å². The van der Waals surface area contributed by atoms with Crippen LogP contribution in [-0.4, -0.2) is 46.2 Å². The van der Waals surface area contributed by atoms with Gasteiger partial charge in [-0.25, -0.2) is 0 Å². The summed E-state index contributed by atoms with van der Waals surface area (Å²) in [4.78, 5) is 29.5. The summed E-state index contributed by atoms with van der Waals surface area (Å²) in [6.45, 7) is 2.94. The van der Waals surface area contributed by atoms with Crippen LogP contribution in [0.3, 0.4) is 0 Å². The van der Waals surface area contributed by atoms with E-state index in [9.17, 15) is 9.59 Å². The molecule has 20 heavy (non-hydrogen) atoms. The maximum absolute atomic E-state index is 12.0. The van der Waals surface area contributed by atoms with Crippen LogP contribution in [-0.2, 0) is 4.79 Å². The lowest BCUT2D eigenvalue weighted by Gasteiger charge is -2.33. The number of aromatic nitrogens is 1. The summed E-state index contributed by atoms with van der Waals surface area (Å²) in [5.41, 5.74) is 0.417. The number of amides is 2. The minimum absolute atomic E-state index is 0.0406. The van der Waals surface area contributed by atoms with Crippen LogP contribution in [0.4, 0.5) is 0 Å². The molecule has 1 fully saturated rings. The monoisotopic (exact) mass is 295 g/mol. The lowest BCUT2D eigenvalue weighted by molar-refractivity contribution is -0.131. The van der Waals surface area contributed by atoms with Gasteiger partial charge in [0.2, 0.25) is 5.91 Å². The fourth-order valence-electron chi connectivity index (χ4n) is 2.25. The highest BCUT2D eigenvalue weighted by atomic mass is 35.5. The molecule has 1 unspecified atom stereocenters. The van der Waals surface area contributed by atoms with Crippen molar-refractivity contribution in [1.29, 1.82) is 0 Å². The predicted octanol–water partition coefficient (Wildman–Crippen LogP) is 1.43. The van der Waals surface area contributed by atoms with Crippen molar-refractivity contribution in [3.63, 3.8) is 0 Å². The number of hydrogen-bond donors (Lipinski definition) is 1. The fraction of sp³-hybridized carbons (Fsp3) is 0.500. The Bertz CT molecular complexity index is 471. The average molecular weight is 296 g/mol. The summed E-state index contributed by atoms with van der Waals surface area (Å²) in [7, 11) is 0. The van der Waals surface area contributed by atoms with Crippen molar-refractivity contribution in [2.24, 2.45) is 0 Å². The van der Waals surface area contributed by atoms with Gasteiger partial charge in [-0.1, -0.05) is 6.07 Å². The third-order valence-corrected chi connectivity index (χ3v) is 3.57. The minimum Gasteiger partial charge on any atom is -0.348 e. The Kier molecular flexibility index (Phi) is 4.95.